The molecule has 0 aliphatic rings. The molecule has 0 saturated heterocycles. The van der Waals surface area contributed by atoms with Crippen molar-refractivity contribution in [2.75, 3.05) is 25.6 Å². The topological polar surface area (TPSA) is 97.6 Å². The van der Waals surface area contributed by atoms with Gasteiger partial charge in [0.15, 0.2) is 18.1 Å². The van der Waals surface area contributed by atoms with Crippen molar-refractivity contribution in [3.05, 3.63) is 59.2 Å². The molecular weight excluding hydrogens is 384 g/mol. The maximum Gasteiger partial charge on any atom is 0.343 e. The number of hydrogen-bond donors (Lipinski definition) is 1. The van der Waals surface area contributed by atoms with E-state index >= 15 is 0 Å². The molecule has 0 bridgehead atoms. The van der Waals surface area contributed by atoms with Crippen LogP contribution in [0.5, 0.6) is 11.5 Å². The highest BCUT2D eigenvalue weighted by atomic mass is 16.6. The highest BCUT2D eigenvalue weighted by Gasteiger charge is 2.12. The summed E-state index contributed by atoms with van der Waals surface area (Å²) in [5, 5.41) is 12.1. The number of anilines is 1. The van der Waals surface area contributed by atoms with Gasteiger partial charge in [-0.3, -0.25) is 4.79 Å². The summed E-state index contributed by atoms with van der Waals surface area (Å²) in [6.07, 6.45) is 2.36. The van der Waals surface area contributed by atoms with Gasteiger partial charge < -0.3 is 19.5 Å². The van der Waals surface area contributed by atoms with Crippen molar-refractivity contribution < 1.29 is 23.8 Å². The van der Waals surface area contributed by atoms with Gasteiger partial charge in [0.05, 0.1) is 13.7 Å². The standard InChI is InChI=1S/C23H24N2O5/c1-4-16-6-9-19(10-7-16)25-23(27)18(14-24)12-17-8-11-20(21(13-17)29-5-2)30-15-22(26)28-3/h6-13H,4-5,15H2,1-3H3,(H,25,27)/b18-12+. The van der Waals surface area contributed by atoms with Crippen LogP contribution in [0.2, 0.25) is 0 Å². The molecular formula is C23H24N2O5. The molecule has 1 N–H and O–H groups in total. The number of amides is 1. The molecule has 2 aromatic carbocycles. The van der Waals surface area contributed by atoms with Gasteiger partial charge in [-0.05, 0) is 54.8 Å². The molecule has 2 aromatic rings. The molecule has 0 aromatic heterocycles. The lowest BCUT2D eigenvalue weighted by molar-refractivity contribution is -0.142. The number of ether oxygens (including phenoxy) is 3. The van der Waals surface area contributed by atoms with E-state index in [1.165, 1.54) is 13.2 Å². The summed E-state index contributed by atoms with van der Waals surface area (Å²) in [5.41, 5.74) is 2.29. The van der Waals surface area contributed by atoms with Crippen LogP contribution in [0.3, 0.4) is 0 Å². The molecule has 30 heavy (non-hydrogen) atoms. The molecule has 7 heteroatoms. The van der Waals surface area contributed by atoms with Crippen molar-refractivity contribution in [1.29, 1.82) is 5.26 Å². The normalized spacial score (nSPS) is 10.7. The summed E-state index contributed by atoms with van der Waals surface area (Å²) in [6, 6.07) is 14.3. The van der Waals surface area contributed by atoms with Gasteiger partial charge in [-0.25, -0.2) is 4.79 Å². The summed E-state index contributed by atoms with van der Waals surface area (Å²) in [6.45, 7) is 3.98. The quantitative estimate of drug-likeness (QED) is 0.386. The first-order valence-corrected chi connectivity index (χ1v) is 9.49. The number of nitriles is 1. The Balaban J connectivity index is 2.20. The third-order valence-corrected chi connectivity index (χ3v) is 4.14. The van der Waals surface area contributed by atoms with Gasteiger partial charge in [-0.15, -0.1) is 0 Å². The number of aryl methyl sites for hydroxylation is 1. The molecule has 0 radical (unpaired) electrons. The van der Waals surface area contributed by atoms with E-state index in [2.05, 4.69) is 10.1 Å². The molecule has 0 aliphatic carbocycles. The maximum atomic E-state index is 12.5. The Morgan fingerprint density at radius 3 is 2.40 bits per heavy atom. The third-order valence-electron chi connectivity index (χ3n) is 4.14. The third kappa shape index (κ3) is 6.38. The second kappa shape index (κ2) is 11.3. The smallest absolute Gasteiger partial charge is 0.343 e. The first kappa shape index (κ1) is 22.5. The summed E-state index contributed by atoms with van der Waals surface area (Å²) >= 11 is 0. The molecule has 0 fully saturated rings. The molecule has 1 amide bonds. The van der Waals surface area contributed by atoms with Crippen LogP contribution in [0.4, 0.5) is 5.69 Å². The summed E-state index contributed by atoms with van der Waals surface area (Å²) in [7, 11) is 1.27. The van der Waals surface area contributed by atoms with Crippen LogP contribution in [0.25, 0.3) is 6.08 Å². The van der Waals surface area contributed by atoms with E-state index in [-0.39, 0.29) is 12.2 Å². The van der Waals surface area contributed by atoms with E-state index in [4.69, 9.17) is 9.47 Å². The number of esters is 1. The minimum absolute atomic E-state index is 0.0553. The van der Waals surface area contributed by atoms with Gasteiger partial charge >= 0.3 is 5.97 Å². The van der Waals surface area contributed by atoms with Crippen LogP contribution >= 0.6 is 0 Å². The van der Waals surface area contributed by atoms with Gasteiger partial charge in [0.2, 0.25) is 0 Å². The molecule has 0 aliphatic heterocycles. The van der Waals surface area contributed by atoms with Crippen molar-refractivity contribution in [3.8, 4) is 17.6 Å². The van der Waals surface area contributed by atoms with Gasteiger partial charge in [-0.1, -0.05) is 25.1 Å². The fourth-order valence-corrected chi connectivity index (χ4v) is 2.54. The highest BCUT2D eigenvalue weighted by molar-refractivity contribution is 6.09. The van der Waals surface area contributed by atoms with Gasteiger partial charge in [0.25, 0.3) is 5.91 Å². The van der Waals surface area contributed by atoms with Gasteiger partial charge in [0, 0.05) is 5.69 Å². The maximum absolute atomic E-state index is 12.5. The largest absolute Gasteiger partial charge is 0.490 e. The van der Waals surface area contributed by atoms with Crippen molar-refractivity contribution in [3.63, 3.8) is 0 Å². The van der Waals surface area contributed by atoms with E-state index in [9.17, 15) is 14.9 Å². The first-order valence-electron chi connectivity index (χ1n) is 9.49. The van der Waals surface area contributed by atoms with Crippen LogP contribution in [-0.2, 0) is 20.7 Å². The molecule has 0 atom stereocenters. The van der Waals surface area contributed by atoms with Crippen LogP contribution in [0.15, 0.2) is 48.0 Å². The van der Waals surface area contributed by atoms with E-state index in [0.717, 1.165) is 12.0 Å². The molecule has 0 unspecified atom stereocenters. The zero-order valence-corrected chi connectivity index (χ0v) is 17.2. The van der Waals surface area contributed by atoms with E-state index < -0.39 is 11.9 Å². The molecule has 0 heterocycles. The Labute approximate surface area is 175 Å². The Bertz CT molecular complexity index is 959. The van der Waals surface area contributed by atoms with Gasteiger partial charge in [-0.2, -0.15) is 5.26 Å². The number of carbonyl (C=O) groups excluding carboxylic acids is 2. The summed E-state index contributed by atoms with van der Waals surface area (Å²) < 4.78 is 15.5. The highest BCUT2D eigenvalue weighted by Crippen LogP contribution is 2.29. The molecule has 7 nitrogen and oxygen atoms in total. The monoisotopic (exact) mass is 408 g/mol. The Hall–Kier alpha value is -3.79. The fourth-order valence-electron chi connectivity index (χ4n) is 2.54. The average Bonchev–Trinajstić information content (AvgIpc) is 2.77. The van der Waals surface area contributed by atoms with Crippen LogP contribution in [0, 0.1) is 11.3 Å². The van der Waals surface area contributed by atoms with Crippen LogP contribution < -0.4 is 14.8 Å². The van der Waals surface area contributed by atoms with E-state index in [1.54, 1.807) is 30.3 Å². The number of hydrogen-bond acceptors (Lipinski definition) is 6. The first-order chi connectivity index (χ1) is 14.5. The van der Waals surface area contributed by atoms with Crippen molar-refractivity contribution in [1.82, 2.24) is 0 Å². The number of nitrogens with one attached hydrogen (secondary N) is 1. The van der Waals surface area contributed by atoms with Crippen molar-refractivity contribution >= 4 is 23.6 Å². The zero-order chi connectivity index (χ0) is 21.9. The number of carbonyl (C=O) groups is 2. The summed E-state index contributed by atoms with van der Waals surface area (Å²) in [4.78, 5) is 23.8. The molecule has 0 spiro atoms. The number of benzene rings is 2. The predicted octanol–water partition coefficient (Wildman–Crippen LogP) is 3.75. The molecule has 0 saturated carbocycles. The average molecular weight is 408 g/mol. The Morgan fingerprint density at radius 1 is 1.07 bits per heavy atom. The fraction of sp³-hybridized carbons (Fsp3) is 0.261. The lowest BCUT2D eigenvalue weighted by Crippen LogP contribution is -2.13. The van der Waals surface area contributed by atoms with Crippen molar-refractivity contribution in [2.45, 2.75) is 20.3 Å². The number of nitrogens with zero attached hydrogens (tertiary/aromatic N) is 1. The van der Waals surface area contributed by atoms with Crippen LogP contribution in [-0.4, -0.2) is 32.2 Å². The SMILES string of the molecule is CCOc1cc(/C=C(\C#N)C(=O)Nc2ccc(CC)cc2)ccc1OCC(=O)OC. The Morgan fingerprint density at radius 2 is 1.80 bits per heavy atom. The number of rotatable bonds is 9. The summed E-state index contributed by atoms with van der Waals surface area (Å²) in [5.74, 6) is -0.274. The minimum Gasteiger partial charge on any atom is -0.490 e. The van der Waals surface area contributed by atoms with Crippen LogP contribution in [0.1, 0.15) is 25.0 Å². The minimum atomic E-state index is -0.517. The van der Waals surface area contributed by atoms with E-state index in [0.29, 0.717) is 29.4 Å². The lowest BCUT2D eigenvalue weighted by Gasteiger charge is -2.12. The predicted molar refractivity (Wildman–Crippen MR) is 113 cm³/mol. The Kier molecular flexibility index (Phi) is 8.45. The van der Waals surface area contributed by atoms with Gasteiger partial charge in [0.1, 0.15) is 11.6 Å². The van der Waals surface area contributed by atoms with Crippen molar-refractivity contribution in [2.24, 2.45) is 0 Å². The van der Waals surface area contributed by atoms with E-state index in [1.807, 2.05) is 32.0 Å². The molecule has 156 valence electrons. The number of methoxy groups -OCH3 is 1. The second-order valence-electron chi connectivity index (χ2n) is 6.18. The molecule has 2 rings (SSSR count). The lowest BCUT2D eigenvalue weighted by atomic mass is 10.1. The zero-order valence-electron chi connectivity index (χ0n) is 17.2. The second-order valence-corrected chi connectivity index (χ2v) is 6.18.